The van der Waals surface area contributed by atoms with Crippen molar-refractivity contribution in [3.8, 4) is 11.3 Å². The van der Waals surface area contributed by atoms with Gasteiger partial charge in [-0.2, -0.15) is 0 Å². The van der Waals surface area contributed by atoms with Crippen LogP contribution in [-0.4, -0.2) is 11.0 Å². The van der Waals surface area contributed by atoms with E-state index < -0.39 is 0 Å². The molecule has 17 heavy (non-hydrogen) atoms. The SMILES string of the molecule is CC(C)NCc1ncoc1-c1ccccc1I. The molecule has 3 nitrogen and oxygen atoms in total. The van der Waals surface area contributed by atoms with Crippen LogP contribution in [0.5, 0.6) is 0 Å². The Hall–Kier alpha value is -0.880. The van der Waals surface area contributed by atoms with Crippen molar-refractivity contribution in [3.05, 3.63) is 39.9 Å². The summed E-state index contributed by atoms with van der Waals surface area (Å²) in [6, 6.07) is 8.60. The zero-order chi connectivity index (χ0) is 12.3. The van der Waals surface area contributed by atoms with Crippen LogP contribution in [0.25, 0.3) is 11.3 Å². The topological polar surface area (TPSA) is 38.1 Å². The lowest BCUT2D eigenvalue weighted by Gasteiger charge is -2.07. The minimum absolute atomic E-state index is 0.439. The van der Waals surface area contributed by atoms with Crippen molar-refractivity contribution in [2.24, 2.45) is 0 Å². The monoisotopic (exact) mass is 342 g/mol. The molecule has 1 N–H and O–H groups in total. The molecule has 0 radical (unpaired) electrons. The third-order valence-corrected chi connectivity index (χ3v) is 3.38. The van der Waals surface area contributed by atoms with E-state index >= 15 is 0 Å². The number of benzene rings is 1. The van der Waals surface area contributed by atoms with E-state index in [1.807, 2.05) is 12.1 Å². The fourth-order valence-electron chi connectivity index (χ4n) is 1.56. The van der Waals surface area contributed by atoms with Crippen LogP contribution >= 0.6 is 22.6 Å². The Kier molecular flexibility index (Phi) is 4.17. The molecule has 1 aromatic heterocycles. The first kappa shape index (κ1) is 12.6. The zero-order valence-electron chi connectivity index (χ0n) is 9.90. The molecule has 0 saturated heterocycles. The third-order valence-electron chi connectivity index (χ3n) is 2.44. The van der Waals surface area contributed by atoms with Crippen molar-refractivity contribution in [1.29, 1.82) is 0 Å². The van der Waals surface area contributed by atoms with E-state index in [4.69, 9.17) is 4.42 Å². The predicted molar refractivity (Wildman–Crippen MR) is 76.6 cm³/mol. The Labute approximate surface area is 115 Å². The van der Waals surface area contributed by atoms with Crippen LogP contribution in [0.2, 0.25) is 0 Å². The molecule has 0 amide bonds. The van der Waals surface area contributed by atoms with Crippen LogP contribution in [0.4, 0.5) is 0 Å². The Bertz CT molecular complexity index is 494. The molecule has 0 aliphatic carbocycles. The number of hydrogen-bond donors (Lipinski definition) is 1. The molecule has 0 aliphatic heterocycles. The lowest BCUT2D eigenvalue weighted by molar-refractivity contribution is 0.562. The van der Waals surface area contributed by atoms with E-state index in [9.17, 15) is 0 Å². The average Bonchev–Trinajstić information content (AvgIpc) is 2.75. The molecule has 0 unspecified atom stereocenters. The predicted octanol–water partition coefficient (Wildman–Crippen LogP) is 3.44. The van der Waals surface area contributed by atoms with Crippen LogP contribution in [0.1, 0.15) is 19.5 Å². The first-order chi connectivity index (χ1) is 8.18. The summed E-state index contributed by atoms with van der Waals surface area (Å²) < 4.78 is 6.68. The van der Waals surface area contributed by atoms with E-state index in [1.165, 1.54) is 9.96 Å². The molecule has 4 heteroatoms. The van der Waals surface area contributed by atoms with E-state index in [2.05, 4.69) is 58.9 Å². The maximum atomic E-state index is 5.51. The lowest BCUT2D eigenvalue weighted by atomic mass is 10.1. The molecule has 2 aromatic rings. The Morgan fingerprint density at radius 3 is 2.82 bits per heavy atom. The second-order valence-electron chi connectivity index (χ2n) is 4.14. The molecular weight excluding hydrogens is 327 g/mol. The lowest BCUT2D eigenvalue weighted by Crippen LogP contribution is -2.22. The van der Waals surface area contributed by atoms with Crippen molar-refractivity contribution >= 4 is 22.6 Å². The van der Waals surface area contributed by atoms with Crippen LogP contribution in [0.15, 0.2) is 35.1 Å². The summed E-state index contributed by atoms with van der Waals surface area (Å²) in [5.41, 5.74) is 2.06. The van der Waals surface area contributed by atoms with Gasteiger partial charge in [-0.05, 0) is 28.7 Å². The van der Waals surface area contributed by atoms with Crippen molar-refractivity contribution in [3.63, 3.8) is 0 Å². The number of oxazole rings is 1. The van der Waals surface area contributed by atoms with Gasteiger partial charge in [-0.1, -0.05) is 32.0 Å². The Morgan fingerprint density at radius 1 is 1.35 bits per heavy atom. The molecule has 0 aliphatic rings. The molecule has 2 rings (SSSR count). The summed E-state index contributed by atoms with van der Waals surface area (Å²) >= 11 is 2.31. The summed E-state index contributed by atoms with van der Waals surface area (Å²) in [5, 5.41) is 3.35. The van der Waals surface area contributed by atoms with E-state index in [0.29, 0.717) is 6.04 Å². The average molecular weight is 342 g/mol. The molecule has 1 heterocycles. The molecule has 90 valence electrons. The maximum absolute atomic E-state index is 5.51. The number of halogens is 1. The highest BCUT2D eigenvalue weighted by Gasteiger charge is 2.13. The minimum atomic E-state index is 0.439. The van der Waals surface area contributed by atoms with Gasteiger partial charge in [0.15, 0.2) is 12.2 Å². The van der Waals surface area contributed by atoms with E-state index in [1.54, 1.807) is 0 Å². The highest BCUT2D eigenvalue weighted by Crippen LogP contribution is 2.27. The van der Waals surface area contributed by atoms with Crippen molar-refractivity contribution < 1.29 is 4.42 Å². The van der Waals surface area contributed by atoms with E-state index in [-0.39, 0.29) is 0 Å². The van der Waals surface area contributed by atoms with Crippen molar-refractivity contribution in [2.75, 3.05) is 0 Å². The summed E-state index contributed by atoms with van der Waals surface area (Å²) in [5.74, 6) is 0.864. The quantitative estimate of drug-likeness (QED) is 0.865. The number of aromatic nitrogens is 1. The van der Waals surface area contributed by atoms with Gasteiger partial charge in [0.25, 0.3) is 0 Å². The third kappa shape index (κ3) is 3.07. The zero-order valence-corrected chi connectivity index (χ0v) is 12.1. The minimum Gasteiger partial charge on any atom is -0.443 e. The van der Waals surface area contributed by atoms with Gasteiger partial charge in [0.2, 0.25) is 0 Å². The largest absolute Gasteiger partial charge is 0.443 e. The Morgan fingerprint density at radius 2 is 2.12 bits per heavy atom. The first-order valence-corrected chi connectivity index (χ1v) is 6.67. The first-order valence-electron chi connectivity index (χ1n) is 5.59. The van der Waals surface area contributed by atoms with Gasteiger partial charge < -0.3 is 9.73 Å². The smallest absolute Gasteiger partial charge is 0.181 e. The molecule has 0 saturated carbocycles. The van der Waals surface area contributed by atoms with Gasteiger partial charge in [-0.25, -0.2) is 4.98 Å². The van der Waals surface area contributed by atoms with Gasteiger partial charge in [-0.3, -0.25) is 0 Å². The molecular formula is C13H15IN2O. The standard InChI is InChI=1S/C13H15IN2O/c1-9(2)15-7-12-13(17-8-16-12)10-5-3-4-6-11(10)14/h3-6,8-9,15H,7H2,1-2H3. The summed E-state index contributed by atoms with van der Waals surface area (Å²) in [4.78, 5) is 4.27. The number of hydrogen-bond acceptors (Lipinski definition) is 3. The van der Waals surface area contributed by atoms with E-state index in [0.717, 1.165) is 23.6 Å². The van der Waals surface area contributed by atoms with Crippen LogP contribution < -0.4 is 5.32 Å². The molecule has 0 fully saturated rings. The molecule has 0 atom stereocenters. The number of nitrogens with one attached hydrogen (secondary N) is 1. The van der Waals surface area contributed by atoms with Crippen molar-refractivity contribution in [1.82, 2.24) is 10.3 Å². The fraction of sp³-hybridized carbons (Fsp3) is 0.308. The van der Waals surface area contributed by atoms with Crippen LogP contribution in [0.3, 0.4) is 0 Å². The molecule has 1 aromatic carbocycles. The summed E-state index contributed by atoms with van der Waals surface area (Å²) in [6.07, 6.45) is 1.51. The summed E-state index contributed by atoms with van der Waals surface area (Å²) in [7, 11) is 0. The highest BCUT2D eigenvalue weighted by molar-refractivity contribution is 14.1. The fourth-order valence-corrected chi connectivity index (χ4v) is 2.19. The Balaban J connectivity index is 2.28. The normalized spacial score (nSPS) is 11.1. The summed E-state index contributed by atoms with van der Waals surface area (Å²) in [6.45, 7) is 4.96. The van der Waals surface area contributed by atoms with Crippen molar-refractivity contribution in [2.45, 2.75) is 26.4 Å². The van der Waals surface area contributed by atoms with Gasteiger partial charge in [0, 0.05) is 21.7 Å². The molecule has 0 bridgehead atoms. The second-order valence-corrected chi connectivity index (χ2v) is 5.31. The van der Waals surface area contributed by atoms with Gasteiger partial charge in [0.05, 0.1) is 0 Å². The highest BCUT2D eigenvalue weighted by atomic mass is 127. The second kappa shape index (κ2) is 5.64. The maximum Gasteiger partial charge on any atom is 0.181 e. The van der Waals surface area contributed by atoms with Gasteiger partial charge >= 0.3 is 0 Å². The van der Waals surface area contributed by atoms with Gasteiger partial charge in [-0.15, -0.1) is 0 Å². The van der Waals surface area contributed by atoms with Crippen LogP contribution in [-0.2, 0) is 6.54 Å². The van der Waals surface area contributed by atoms with Crippen LogP contribution in [0, 0.1) is 3.57 Å². The number of nitrogens with zero attached hydrogens (tertiary/aromatic N) is 1. The molecule has 0 spiro atoms. The number of rotatable bonds is 4. The van der Waals surface area contributed by atoms with Gasteiger partial charge in [0.1, 0.15) is 5.69 Å².